The summed E-state index contributed by atoms with van der Waals surface area (Å²) in [6.45, 7) is 0. The molecule has 1 spiro atoms. The molecule has 0 atom stereocenters. The normalized spacial score (nSPS) is 16.8. The third kappa shape index (κ3) is 4.40. The van der Waals surface area contributed by atoms with Gasteiger partial charge < -0.3 is 19.9 Å². The smallest absolute Gasteiger partial charge is 0.189 e. The van der Waals surface area contributed by atoms with Gasteiger partial charge in [0.25, 0.3) is 0 Å². The molecule has 1 heterocycles. The Morgan fingerprint density at radius 3 is 2.59 bits per heavy atom. The van der Waals surface area contributed by atoms with Crippen LogP contribution >= 0.6 is 12.2 Å². The molecule has 4 rings (SSSR count). The van der Waals surface area contributed by atoms with E-state index in [0.717, 1.165) is 54.1 Å². The van der Waals surface area contributed by atoms with Crippen molar-refractivity contribution in [2.24, 2.45) is 0 Å². The van der Waals surface area contributed by atoms with E-state index in [2.05, 4.69) is 22.2 Å². The van der Waals surface area contributed by atoms with Crippen LogP contribution in [0.3, 0.4) is 0 Å². The van der Waals surface area contributed by atoms with E-state index >= 15 is 0 Å². The first-order chi connectivity index (χ1) is 14.1. The monoisotopic (exact) mass is 411 g/mol. The summed E-state index contributed by atoms with van der Waals surface area (Å²) in [6, 6.07) is 12.7. The molecule has 1 aliphatic carbocycles. The standard InChI is InChI=1S/C22H25N3O3S/c1-27-17-8-5-15(6-9-17)23-21(29)25-24-19-14-22(11-3-2-4-12-22)28-20-10-7-16(26)13-18(19)20/h5-10,13-14,24,26H,2-4,11-12H2,1H3,(H2,23,25,29). The Morgan fingerprint density at radius 1 is 1.10 bits per heavy atom. The van der Waals surface area contributed by atoms with E-state index in [1.165, 1.54) is 6.42 Å². The highest BCUT2D eigenvalue weighted by Crippen LogP contribution is 2.42. The Morgan fingerprint density at radius 2 is 1.86 bits per heavy atom. The highest BCUT2D eigenvalue weighted by Gasteiger charge is 2.37. The lowest BCUT2D eigenvalue weighted by Crippen LogP contribution is -2.44. The van der Waals surface area contributed by atoms with Crippen LogP contribution in [0.25, 0.3) is 5.70 Å². The van der Waals surface area contributed by atoms with Crippen LogP contribution in [-0.2, 0) is 0 Å². The van der Waals surface area contributed by atoms with Gasteiger partial charge in [-0.05, 0) is 86.4 Å². The van der Waals surface area contributed by atoms with Crippen molar-refractivity contribution in [1.82, 2.24) is 10.9 Å². The maximum atomic E-state index is 9.94. The van der Waals surface area contributed by atoms with Crippen LogP contribution in [0.1, 0.15) is 37.7 Å². The van der Waals surface area contributed by atoms with E-state index in [9.17, 15) is 5.11 Å². The van der Waals surface area contributed by atoms with Crippen molar-refractivity contribution < 1.29 is 14.6 Å². The van der Waals surface area contributed by atoms with E-state index in [-0.39, 0.29) is 11.4 Å². The number of hydrogen-bond acceptors (Lipinski definition) is 5. The van der Waals surface area contributed by atoms with Crippen LogP contribution in [0.2, 0.25) is 0 Å². The van der Waals surface area contributed by atoms with Crippen LogP contribution in [0.4, 0.5) is 5.69 Å². The number of thiocarbonyl (C=S) groups is 1. The Labute approximate surface area is 175 Å². The largest absolute Gasteiger partial charge is 0.508 e. The van der Waals surface area contributed by atoms with Crippen molar-refractivity contribution in [1.29, 1.82) is 0 Å². The first kappa shape index (κ1) is 19.4. The summed E-state index contributed by atoms with van der Waals surface area (Å²) in [5, 5.41) is 13.5. The molecule has 4 N–H and O–H groups in total. The predicted molar refractivity (Wildman–Crippen MR) is 118 cm³/mol. The predicted octanol–water partition coefficient (Wildman–Crippen LogP) is 4.33. The van der Waals surface area contributed by atoms with Crippen LogP contribution in [-0.4, -0.2) is 22.9 Å². The molecule has 2 aromatic carbocycles. The molecule has 2 aromatic rings. The minimum atomic E-state index is -0.308. The summed E-state index contributed by atoms with van der Waals surface area (Å²) in [5.41, 5.74) is 8.46. The molecule has 7 heteroatoms. The number of benzene rings is 2. The highest BCUT2D eigenvalue weighted by atomic mass is 32.1. The van der Waals surface area contributed by atoms with Crippen molar-refractivity contribution in [3.8, 4) is 17.2 Å². The maximum absolute atomic E-state index is 9.94. The summed E-state index contributed by atoms with van der Waals surface area (Å²) in [4.78, 5) is 0. The van der Waals surface area contributed by atoms with Gasteiger partial charge >= 0.3 is 0 Å². The number of hydrogen-bond donors (Lipinski definition) is 4. The lowest BCUT2D eigenvalue weighted by atomic mass is 9.82. The summed E-state index contributed by atoms with van der Waals surface area (Å²) < 4.78 is 11.5. The van der Waals surface area contributed by atoms with Crippen LogP contribution in [0.5, 0.6) is 17.2 Å². The number of anilines is 1. The second-order valence-electron chi connectivity index (χ2n) is 7.40. The van der Waals surface area contributed by atoms with Gasteiger partial charge in [0.1, 0.15) is 22.8 Å². The van der Waals surface area contributed by atoms with Crippen LogP contribution in [0.15, 0.2) is 48.5 Å². The van der Waals surface area contributed by atoms with Gasteiger partial charge in [0.2, 0.25) is 0 Å². The fraction of sp³-hybridized carbons (Fsp3) is 0.318. The van der Waals surface area contributed by atoms with E-state index in [0.29, 0.717) is 5.11 Å². The number of fused-ring (bicyclic) bond motifs is 1. The minimum Gasteiger partial charge on any atom is -0.508 e. The molecule has 2 aliphatic rings. The van der Waals surface area contributed by atoms with E-state index in [4.69, 9.17) is 21.7 Å². The molecule has 6 nitrogen and oxygen atoms in total. The Balaban J connectivity index is 1.49. The number of phenols is 1. The number of nitrogens with one attached hydrogen (secondary N) is 3. The summed E-state index contributed by atoms with van der Waals surface area (Å²) >= 11 is 5.41. The molecule has 1 aliphatic heterocycles. The van der Waals surface area contributed by atoms with Gasteiger partial charge in [-0.1, -0.05) is 6.42 Å². The summed E-state index contributed by atoms with van der Waals surface area (Å²) in [5.74, 6) is 1.75. The summed E-state index contributed by atoms with van der Waals surface area (Å²) in [6.07, 6.45) is 7.60. The average molecular weight is 412 g/mol. The minimum absolute atomic E-state index is 0.193. The van der Waals surface area contributed by atoms with E-state index in [1.807, 2.05) is 30.3 Å². The zero-order valence-corrected chi connectivity index (χ0v) is 17.1. The zero-order valence-electron chi connectivity index (χ0n) is 16.3. The number of aromatic hydroxyl groups is 1. The van der Waals surface area contributed by atoms with Gasteiger partial charge in [-0.25, -0.2) is 0 Å². The van der Waals surface area contributed by atoms with Gasteiger partial charge in [-0.15, -0.1) is 0 Å². The third-order valence-corrected chi connectivity index (χ3v) is 5.54. The fourth-order valence-corrected chi connectivity index (χ4v) is 4.04. The zero-order chi connectivity index (χ0) is 20.3. The quantitative estimate of drug-likeness (QED) is 0.441. The molecule has 0 aromatic heterocycles. The van der Waals surface area contributed by atoms with Gasteiger partial charge in [-0.3, -0.25) is 10.9 Å². The Bertz CT molecular complexity index is 921. The first-order valence-electron chi connectivity index (χ1n) is 9.79. The van der Waals surface area contributed by atoms with Crippen molar-refractivity contribution in [2.75, 3.05) is 12.4 Å². The third-order valence-electron chi connectivity index (χ3n) is 5.33. The van der Waals surface area contributed by atoms with Gasteiger partial charge in [-0.2, -0.15) is 0 Å². The van der Waals surface area contributed by atoms with Crippen LogP contribution < -0.4 is 25.6 Å². The van der Waals surface area contributed by atoms with Crippen molar-refractivity contribution in [3.05, 3.63) is 54.1 Å². The molecule has 0 unspecified atom stereocenters. The maximum Gasteiger partial charge on any atom is 0.189 e. The topological polar surface area (TPSA) is 74.8 Å². The molecule has 1 saturated carbocycles. The van der Waals surface area contributed by atoms with Gasteiger partial charge in [0.15, 0.2) is 5.11 Å². The second-order valence-corrected chi connectivity index (χ2v) is 7.81. The average Bonchev–Trinajstić information content (AvgIpc) is 2.73. The van der Waals surface area contributed by atoms with Gasteiger partial charge in [0, 0.05) is 11.3 Å². The SMILES string of the molecule is COc1ccc(NC(=S)NNC2=CC3(CCCCC3)Oc3ccc(O)cc32)cc1. The van der Waals surface area contributed by atoms with Crippen molar-refractivity contribution in [3.63, 3.8) is 0 Å². The molecule has 29 heavy (non-hydrogen) atoms. The number of hydrazine groups is 1. The fourth-order valence-electron chi connectivity index (χ4n) is 3.87. The van der Waals surface area contributed by atoms with Crippen molar-refractivity contribution >= 4 is 28.7 Å². The number of phenolic OH excluding ortho intramolecular Hbond substituents is 1. The van der Waals surface area contributed by atoms with E-state index < -0.39 is 0 Å². The number of methoxy groups -OCH3 is 1. The molecular weight excluding hydrogens is 386 g/mol. The lowest BCUT2D eigenvalue weighted by Gasteiger charge is -2.39. The molecule has 152 valence electrons. The molecule has 0 amide bonds. The molecule has 0 bridgehead atoms. The number of ether oxygens (including phenoxy) is 2. The Kier molecular flexibility index (Phi) is 5.49. The van der Waals surface area contributed by atoms with Crippen LogP contribution in [0, 0.1) is 0 Å². The number of rotatable bonds is 4. The molecule has 0 radical (unpaired) electrons. The first-order valence-corrected chi connectivity index (χ1v) is 10.2. The van der Waals surface area contributed by atoms with Gasteiger partial charge in [0.05, 0.1) is 12.8 Å². The second kappa shape index (κ2) is 8.21. The highest BCUT2D eigenvalue weighted by molar-refractivity contribution is 7.80. The summed E-state index contributed by atoms with van der Waals surface area (Å²) in [7, 11) is 1.63. The Hall–Kier alpha value is -2.93. The molecule has 0 saturated heterocycles. The molecule has 1 fully saturated rings. The lowest BCUT2D eigenvalue weighted by molar-refractivity contribution is 0.0739. The van der Waals surface area contributed by atoms with E-state index in [1.54, 1.807) is 19.2 Å². The van der Waals surface area contributed by atoms with Crippen molar-refractivity contribution in [2.45, 2.75) is 37.7 Å². The molecular formula is C22H25N3O3S.